The summed E-state index contributed by atoms with van der Waals surface area (Å²) in [6.07, 6.45) is 0. The fraction of sp³-hybridized carbons (Fsp3) is 0.133. The Labute approximate surface area is 119 Å². The average molecular weight is 322 g/mol. The van der Waals surface area contributed by atoms with Crippen LogP contribution in [0.1, 0.15) is 28.9 Å². The minimum Gasteiger partial charge on any atom is -0.346 e. The van der Waals surface area contributed by atoms with Gasteiger partial charge in [0.15, 0.2) is 0 Å². The molecule has 4 heteroatoms. The van der Waals surface area contributed by atoms with E-state index in [2.05, 4.69) is 21.2 Å². The van der Waals surface area contributed by atoms with Gasteiger partial charge in [0.1, 0.15) is 5.82 Å². The molecule has 0 spiro atoms. The summed E-state index contributed by atoms with van der Waals surface area (Å²) in [4.78, 5) is 12.0. The van der Waals surface area contributed by atoms with Crippen LogP contribution in [0.2, 0.25) is 0 Å². The second-order valence-corrected chi connectivity index (χ2v) is 5.09. The maximum atomic E-state index is 13.4. The number of rotatable bonds is 3. The molecule has 0 aliphatic heterocycles. The standard InChI is InChI=1S/C15H13BrFNO/c1-10(11-5-3-2-4-6-11)18-15(19)12-7-8-13(16)14(17)9-12/h2-10H,1H3,(H,18,19). The summed E-state index contributed by atoms with van der Waals surface area (Å²) in [6.45, 7) is 1.89. The molecule has 0 aliphatic rings. The van der Waals surface area contributed by atoms with E-state index in [1.807, 2.05) is 37.3 Å². The van der Waals surface area contributed by atoms with Crippen LogP contribution in [0.4, 0.5) is 4.39 Å². The number of carbonyl (C=O) groups excluding carboxylic acids is 1. The van der Waals surface area contributed by atoms with Gasteiger partial charge in [0, 0.05) is 5.56 Å². The van der Waals surface area contributed by atoms with Gasteiger partial charge in [-0.25, -0.2) is 4.39 Å². The van der Waals surface area contributed by atoms with E-state index in [0.717, 1.165) is 5.56 Å². The molecule has 0 heterocycles. The largest absolute Gasteiger partial charge is 0.346 e. The van der Waals surface area contributed by atoms with Crippen molar-refractivity contribution in [3.05, 3.63) is 69.9 Å². The average Bonchev–Trinajstić information content (AvgIpc) is 2.42. The molecule has 2 nitrogen and oxygen atoms in total. The van der Waals surface area contributed by atoms with Crippen LogP contribution < -0.4 is 5.32 Å². The van der Waals surface area contributed by atoms with E-state index in [1.165, 1.54) is 12.1 Å². The van der Waals surface area contributed by atoms with Gasteiger partial charge in [0.25, 0.3) is 5.91 Å². The molecule has 1 unspecified atom stereocenters. The van der Waals surface area contributed by atoms with Crippen molar-refractivity contribution in [2.75, 3.05) is 0 Å². The molecular weight excluding hydrogens is 309 g/mol. The van der Waals surface area contributed by atoms with Crippen molar-refractivity contribution in [2.24, 2.45) is 0 Å². The molecule has 2 aromatic rings. The highest BCUT2D eigenvalue weighted by atomic mass is 79.9. The van der Waals surface area contributed by atoms with Crippen molar-refractivity contribution in [1.82, 2.24) is 5.32 Å². The first-order valence-corrected chi connectivity index (χ1v) is 6.68. The van der Waals surface area contributed by atoms with E-state index in [1.54, 1.807) is 6.07 Å². The van der Waals surface area contributed by atoms with Crippen molar-refractivity contribution >= 4 is 21.8 Å². The lowest BCUT2D eigenvalue weighted by Crippen LogP contribution is -2.26. The minimum atomic E-state index is -0.444. The zero-order valence-electron chi connectivity index (χ0n) is 10.4. The molecule has 2 aromatic carbocycles. The number of nitrogens with one attached hydrogen (secondary N) is 1. The third-order valence-electron chi connectivity index (χ3n) is 2.83. The quantitative estimate of drug-likeness (QED) is 0.906. The van der Waals surface area contributed by atoms with Crippen LogP contribution in [-0.2, 0) is 0 Å². The first kappa shape index (κ1) is 13.7. The zero-order valence-corrected chi connectivity index (χ0v) is 11.9. The van der Waals surface area contributed by atoms with E-state index in [9.17, 15) is 9.18 Å². The van der Waals surface area contributed by atoms with Gasteiger partial charge in [-0.05, 0) is 46.6 Å². The summed E-state index contributed by atoms with van der Waals surface area (Å²) >= 11 is 3.06. The summed E-state index contributed by atoms with van der Waals surface area (Å²) in [5.74, 6) is -0.734. The van der Waals surface area contributed by atoms with Gasteiger partial charge in [0.05, 0.1) is 10.5 Å². The summed E-state index contributed by atoms with van der Waals surface area (Å²) in [6, 6.07) is 13.8. The monoisotopic (exact) mass is 321 g/mol. The van der Waals surface area contributed by atoms with Crippen LogP contribution in [-0.4, -0.2) is 5.91 Å². The molecule has 2 rings (SSSR count). The third-order valence-corrected chi connectivity index (χ3v) is 3.47. The first-order chi connectivity index (χ1) is 9.08. The SMILES string of the molecule is CC(NC(=O)c1ccc(Br)c(F)c1)c1ccccc1. The van der Waals surface area contributed by atoms with Crippen molar-refractivity contribution < 1.29 is 9.18 Å². The summed E-state index contributed by atoms with van der Waals surface area (Å²) in [5.41, 5.74) is 1.32. The highest BCUT2D eigenvalue weighted by Gasteiger charge is 2.12. The van der Waals surface area contributed by atoms with Crippen LogP contribution in [0, 0.1) is 5.82 Å². The Morgan fingerprint density at radius 1 is 1.21 bits per heavy atom. The van der Waals surface area contributed by atoms with Gasteiger partial charge in [0.2, 0.25) is 0 Å². The van der Waals surface area contributed by atoms with Crippen molar-refractivity contribution in [3.8, 4) is 0 Å². The Balaban J connectivity index is 2.11. The van der Waals surface area contributed by atoms with Gasteiger partial charge in [-0.15, -0.1) is 0 Å². The topological polar surface area (TPSA) is 29.1 Å². The van der Waals surface area contributed by atoms with E-state index >= 15 is 0 Å². The van der Waals surface area contributed by atoms with Gasteiger partial charge in [-0.1, -0.05) is 30.3 Å². The van der Waals surface area contributed by atoms with E-state index in [4.69, 9.17) is 0 Å². The molecule has 0 radical (unpaired) electrons. The molecule has 0 aliphatic carbocycles. The summed E-state index contributed by atoms with van der Waals surface area (Å²) in [7, 11) is 0. The van der Waals surface area contributed by atoms with Crippen LogP contribution in [0.15, 0.2) is 53.0 Å². The molecule has 1 amide bonds. The van der Waals surface area contributed by atoms with E-state index < -0.39 is 5.82 Å². The number of carbonyl (C=O) groups is 1. The Bertz CT molecular complexity index is 586. The van der Waals surface area contributed by atoms with Gasteiger partial charge < -0.3 is 5.32 Å². The number of halogens is 2. The number of benzene rings is 2. The number of amides is 1. The Morgan fingerprint density at radius 3 is 2.53 bits per heavy atom. The molecule has 0 fully saturated rings. The summed E-state index contributed by atoms with van der Waals surface area (Å²) in [5, 5.41) is 2.84. The third kappa shape index (κ3) is 3.41. The molecule has 0 saturated carbocycles. The van der Waals surface area contributed by atoms with Crippen LogP contribution in [0.5, 0.6) is 0 Å². The van der Waals surface area contributed by atoms with E-state index in [-0.39, 0.29) is 11.9 Å². The number of hydrogen-bond acceptors (Lipinski definition) is 1. The normalized spacial score (nSPS) is 11.9. The molecule has 1 N–H and O–H groups in total. The maximum absolute atomic E-state index is 13.4. The fourth-order valence-corrected chi connectivity index (χ4v) is 1.99. The summed E-state index contributed by atoms with van der Waals surface area (Å²) < 4.78 is 13.7. The zero-order chi connectivity index (χ0) is 13.8. The molecule has 0 aromatic heterocycles. The molecule has 1 atom stereocenters. The van der Waals surface area contributed by atoms with Crippen LogP contribution in [0.25, 0.3) is 0 Å². The Hall–Kier alpha value is -1.68. The highest BCUT2D eigenvalue weighted by molar-refractivity contribution is 9.10. The van der Waals surface area contributed by atoms with Crippen molar-refractivity contribution in [2.45, 2.75) is 13.0 Å². The second kappa shape index (κ2) is 5.97. The molecular formula is C15H13BrFNO. The lowest BCUT2D eigenvalue weighted by molar-refractivity contribution is 0.0939. The predicted molar refractivity (Wildman–Crippen MR) is 76.4 cm³/mol. The highest BCUT2D eigenvalue weighted by Crippen LogP contribution is 2.17. The Kier molecular flexibility index (Phi) is 4.32. The van der Waals surface area contributed by atoms with Gasteiger partial charge in [-0.2, -0.15) is 0 Å². The second-order valence-electron chi connectivity index (χ2n) is 4.23. The molecule has 0 saturated heterocycles. The lowest BCUT2D eigenvalue weighted by Gasteiger charge is -2.14. The van der Waals surface area contributed by atoms with Crippen molar-refractivity contribution in [3.63, 3.8) is 0 Å². The number of hydrogen-bond donors (Lipinski definition) is 1. The Morgan fingerprint density at radius 2 is 1.89 bits per heavy atom. The first-order valence-electron chi connectivity index (χ1n) is 5.89. The smallest absolute Gasteiger partial charge is 0.251 e. The van der Waals surface area contributed by atoms with E-state index in [0.29, 0.717) is 10.0 Å². The maximum Gasteiger partial charge on any atom is 0.251 e. The van der Waals surface area contributed by atoms with Crippen LogP contribution >= 0.6 is 15.9 Å². The molecule has 19 heavy (non-hydrogen) atoms. The molecule has 0 bridgehead atoms. The minimum absolute atomic E-state index is 0.125. The van der Waals surface area contributed by atoms with Crippen molar-refractivity contribution in [1.29, 1.82) is 0 Å². The fourth-order valence-electron chi connectivity index (χ4n) is 1.74. The van der Waals surface area contributed by atoms with Crippen LogP contribution in [0.3, 0.4) is 0 Å². The lowest BCUT2D eigenvalue weighted by atomic mass is 10.1. The predicted octanol–water partition coefficient (Wildman–Crippen LogP) is 4.08. The molecule has 98 valence electrons. The van der Waals surface area contributed by atoms with Gasteiger partial charge in [-0.3, -0.25) is 4.79 Å². The van der Waals surface area contributed by atoms with Gasteiger partial charge >= 0.3 is 0 Å².